The number of hydrogen-bond acceptors (Lipinski definition) is 2. The van der Waals surface area contributed by atoms with Crippen molar-refractivity contribution in [1.82, 2.24) is 0 Å². The number of fused-ring (bicyclic) bond motifs is 1. The molecule has 9 heavy (non-hydrogen) atoms. The second kappa shape index (κ2) is 2.44. The molecule has 0 spiro atoms. The van der Waals surface area contributed by atoms with Crippen LogP contribution in [-0.2, 0) is 0 Å². The first kappa shape index (κ1) is 7.89. The first-order chi connectivity index (χ1) is 3.81. The Morgan fingerprint density at radius 3 is 2.67 bits per heavy atom. The Morgan fingerprint density at radius 2 is 2.22 bits per heavy atom. The van der Waals surface area contributed by atoms with Crippen molar-refractivity contribution in [3.8, 4) is 0 Å². The average Bonchev–Trinajstić information content (AvgIpc) is 2.39. The van der Waals surface area contributed by atoms with Crippen LogP contribution in [0.15, 0.2) is 24.3 Å². The van der Waals surface area contributed by atoms with E-state index in [1.54, 1.807) is 6.08 Å². The van der Waals surface area contributed by atoms with E-state index in [0.717, 1.165) is 0 Å². The van der Waals surface area contributed by atoms with Gasteiger partial charge in [-0.25, -0.2) is 0 Å². The van der Waals surface area contributed by atoms with Crippen molar-refractivity contribution < 1.29 is 34.7 Å². The van der Waals surface area contributed by atoms with E-state index in [1.165, 1.54) is 11.8 Å². The standard InChI is InChI=1S/C6H5OS.Na/c7-6-4-2-1-3-5(6)8-6;/h1-5H;/q-1;+1. The third kappa shape index (κ3) is 1.28. The zero-order valence-corrected chi connectivity index (χ0v) is 8.02. The maximum atomic E-state index is 11.0. The van der Waals surface area contributed by atoms with Gasteiger partial charge in [0.05, 0.1) is 0 Å². The molecular weight excluding hydrogens is 143 g/mol. The zero-order chi connectivity index (χ0) is 5.61. The summed E-state index contributed by atoms with van der Waals surface area (Å²) in [5.74, 6) is 0. The minimum Gasteiger partial charge on any atom is -0.837 e. The van der Waals surface area contributed by atoms with E-state index in [1.807, 2.05) is 18.2 Å². The summed E-state index contributed by atoms with van der Waals surface area (Å²) in [7, 11) is 0. The van der Waals surface area contributed by atoms with Gasteiger partial charge in [0.2, 0.25) is 0 Å². The van der Waals surface area contributed by atoms with Crippen molar-refractivity contribution in [2.75, 3.05) is 0 Å². The van der Waals surface area contributed by atoms with Crippen molar-refractivity contribution in [2.24, 2.45) is 0 Å². The smallest absolute Gasteiger partial charge is 0.837 e. The van der Waals surface area contributed by atoms with Gasteiger partial charge < -0.3 is 5.11 Å². The molecule has 2 atom stereocenters. The Hall–Kier alpha value is 0.790. The molecule has 0 amide bonds. The maximum Gasteiger partial charge on any atom is 1.00 e. The maximum absolute atomic E-state index is 11.0. The SMILES string of the molecule is [Na+].[O-]C12C=CC=CC1S2. The predicted octanol–water partition coefficient (Wildman–Crippen LogP) is -2.71. The van der Waals surface area contributed by atoms with Crippen LogP contribution in [0.2, 0.25) is 0 Å². The molecule has 0 radical (unpaired) electrons. The summed E-state index contributed by atoms with van der Waals surface area (Å²) in [6.07, 6.45) is 7.43. The van der Waals surface area contributed by atoms with E-state index < -0.39 is 4.93 Å². The zero-order valence-electron chi connectivity index (χ0n) is 5.20. The molecule has 0 N–H and O–H groups in total. The molecule has 0 bridgehead atoms. The van der Waals surface area contributed by atoms with Crippen molar-refractivity contribution in [1.29, 1.82) is 0 Å². The molecule has 0 aromatic heterocycles. The van der Waals surface area contributed by atoms with Crippen LogP contribution in [-0.4, -0.2) is 10.2 Å². The van der Waals surface area contributed by atoms with Gasteiger partial charge in [0, 0.05) is 5.25 Å². The molecule has 2 unspecified atom stereocenters. The number of allylic oxidation sites excluding steroid dienone is 2. The van der Waals surface area contributed by atoms with E-state index >= 15 is 0 Å². The van der Waals surface area contributed by atoms with Gasteiger partial charge in [0.15, 0.2) is 0 Å². The monoisotopic (exact) mass is 148 g/mol. The van der Waals surface area contributed by atoms with Gasteiger partial charge in [-0.3, -0.25) is 0 Å². The van der Waals surface area contributed by atoms with Gasteiger partial charge in [-0.15, -0.1) is 0 Å². The summed E-state index contributed by atoms with van der Waals surface area (Å²) < 4.78 is 0. The normalized spacial score (nSPS) is 43.4. The fourth-order valence-electron chi connectivity index (χ4n) is 0.827. The van der Waals surface area contributed by atoms with E-state index in [-0.39, 0.29) is 34.8 Å². The molecule has 1 saturated heterocycles. The molecule has 1 aliphatic carbocycles. The number of hydrogen-bond donors (Lipinski definition) is 0. The van der Waals surface area contributed by atoms with Crippen LogP contribution in [0.3, 0.4) is 0 Å². The summed E-state index contributed by atoms with van der Waals surface area (Å²) in [4.78, 5) is -0.755. The fraction of sp³-hybridized carbons (Fsp3) is 0.333. The Balaban J connectivity index is 0.000000405. The minimum atomic E-state index is -0.755. The van der Waals surface area contributed by atoms with Crippen molar-refractivity contribution in [3.63, 3.8) is 0 Å². The van der Waals surface area contributed by atoms with E-state index in [0.29, 0.717) is 0 Å². The van der Waals surface area contributed by atoms with Gasteiger partial charge in [0.25, 0.3) is 0 Å². The molecule has 1 aliphatic heterocycles. The van der Waals surface area contributed by atoms with Gasteiger partial charge in [-0.05, 0) is 4.93 Å². The Labute approximate surface area is 80.5 Å². The average molecular weight is 148 g/mol. The molecule has 1 fully saturated rings. The van der Waals surface area contributed by atoms with Gasteiger partial charge in [0.1, 0.15) is 0 Å². The predicted molar refractivity (Wildman–Crippen MR) is 32.4 cm³/mol. The Bertz CT molecular complexity index is 178. The fourth-order valence-corrected chi connectivity index (χ4v) is 1.64. The summed E-state index contributed by atoms with van der Waals surface area (Å²) in [5, 5.41) is 11.3. The molecule has 1 heterocycles. The first-order valence-corrected chi connectivity index (χ1v) is 3.43. The molecule has 0 aromatic carbocycles. The molecule has 0 aromatic rings. The molecule has 1 nitrogen and oxygen atoms in total. The van der Waals surface area contributed by atoms with Gasteiger partial charge in [-0.1, -0.05) is 24.3 Å². The van der Waals surface area contributed by atoms with E-state index in [9.17, 15) is 5.11 Å². The summed E-state index contributed by atoms with van der Waals surface area (Å²) in [6, 6.07) is 0. The largest absolute Gasteiger partial charge is 1.00 e. The van der Waals surface area contributed by atoms with Crippen molar-refractivity contribution in [2.45, 2.75) is 10.2 Å². The van der Waals surface area contributed by atoms with Crippen LogP contribution in [0.1, 0.15) is 0 Å². The van der Waals surface area contributed by atoms with E-state index in [4.69, 9.17) is 0 Å². The second-order valence-electron chi connectivity index (χ2n) is 2.00. The van der Waals surface area contributed by atoms with Gasteiger partial charge in [-0.2, -0.15) is 11.8 Å². The summed E-state index contributed by atoms with van der Waals surface area (Å²) >= 11 is 1.47. The van der Waals surface area contributed by atoms with E-state index in [2.05, 4.69) is 0 Å². The molecule has 42 valence electrons. The second-order valence-corrected chi connectivity index (χ2v) is 3.39. The first-order valence-electron chi connectivity index (χ1n) is 2.55. The minimum absolute atomic E-state index is 0. The quantitative estimate of drug-likeness (QED) is 0.275. The van der Waals surface area contributed by atoms with Crippen LogP contribution >= 0.6 is 11.8 Å². The Kier molecular flexibility index (Phi) is 2.14. The molecule has 3 heteroatoms. The summed E-state index contributed by atoms with van der Waals surface area (Å²) in [6.45, 7) is 0. The van der Waals surface area contributed by atoms with Crippen LogP contribution < -0.4 is 34.7 Å². The third-order valence-corrected chi connectivity index (χ3v) is 2.64. The number of thioether (sulfide) groups is 1. The third-order valence-electron chi connectivity index (χ3n) is 1.38. The molecule has 2 aliphatic rings. The number of rotatable bonds is 0. The Morgan fingerprint density at radius 1 is 1.44 bits per heavy atom. The van der Waals surface area contributed by atoms with Crippen molar-refractivity contribution >= 4 is 11.8 Å². The molecule has 2 rings (SSSR count). The molecule has 0 saturated carbocycles. The van der Waals surface area contributed by atoms with Crippen LogP contribution in [0.25, 0.3) is 0 Å². The van der Waals surface area contributed by atoms with Crippen LogP contribution in [0, 0.1) is 0 Å². The van der Waals surface area contributed by atoms with Crippen LogP contribution in [0.5, 0.6) is 0 Å². The van der Waals surface area contributed by atoms with Gasteiger partial charge >= 0.3 is 29.6 Å². The van der Waals surface area contributed by atoms with Crippen molar-refractivity contribution in [3.05, 3.63) is 24.3 Å². The van der Waals surface area contributed by atoms with Crippen LogP contribution in [0.4, 0.5) is 0 Å². The topological polar surface area (TPSA) is 23.1 Å². The molecular formula is C6H5NaOS. The summed E-state index contributed by atoms with van der Waals surface area (Å²) in [5.41, 5.74) is 0.